The van der Waals surface area contributed by atoms with Crippen molar-refractivity contribution in [2.75, 3.05) is 20.8 Å². The molecule has 1 aromatic carbocycles. The first-order chi connectivity index (χ1) is 10.7. The number of benzene rings is 1. The predicted octanol–water partition coefficient (Wildman–Crippen LogP) is 2.30. The summed E-state index contributed by atoms with van der Waals surface area (Å²) in [7, 11) is 3.19. The zero-order valence-corrected chi connectivity index (χ0v) is 12.5. The molecule has 0 fully saturated rings. The maximum Gasteiger partial charge on any atom is 0.224 e. The molecule has 0 bridgehead atoms. The summed E-state index contributed by atoms with van der Waals surface area (Å²) in [4.78, 5) is 15.8. The first kappa shape index (κ1) is 14.4. The highest BCUT2D eigenvalue weighted by Crippen LogP contribution is 2.35. The van der Waals surface area contributed by atoms with E-state index in [0.29, 0.717) is 35.9 Å². The van der Waals surface area contributed by atoms with Gasteiger partial charge in [0.1, 0.15) is 22.7 Å². The van der Waals surface area contributed by atoms with E-state index < -0.39 is 5.60 Å². The topological polar surface area (TPSA) is 57.1 Å². The largest absolute Gasteiger partial charge is 0.496 e. The van der Waals surface area contributed by atoms with Crippen LogP contribution in [0.25, 0.3) is 0 Å². The van der Waals surface area contributed by atoms with Gasteiger partial charge in [-0.1, -0.05) is 6.07 Å². The lowest BCUT2D eigenvalue weighted by Crippen LogP contribution is -2.37. The lowest BCUT2D eigenvalue weighted by molar-refractivity contribution is -0.110. The lowest BCUT2D eigenvalue weighted by Gasteiger charge is -2.33. The van der Waals surface area contributed by atoms with Crippen LogP contribution in [0, 0.1) is 0 Å². The van der Waals surface area contributed by atoms with Gasteiger partial charge in [-0.05, 0) is 36.4 Å². The maximum absolute atomic E-state index is 11.3. The molecule has 0 radical (unpaired) electrons. The molecule has 0 saturated carbocycles. The zero-order valence-electron chi connectivity index (χ0n) is 12.5. The number of carbonyl (C=O) groups excluding carboxylic acids is 1. The van der Waals surface area contributed by atoms with Crippen molar-refractivity contribution in [3.05, 3.63) is 48.1 Å². The van der Waals surface area contributed by atoms with E-state index in [-0.39, 0.29) is 5.78 Å². The van der Waals surface area contributed by atoms with E-state index in [1.807, 2.05) is 18.2 Å². The summed E-state index contributed by atoms with van der Waals surface area (Å²) in [5.41, 5.74) is 0.0573. The quantitative estimate of drug-likeness (QED) is 0.859. The van der Waals surface area contributed by atoms with Crippen LogP contribution in [0.4, 0.5) is 0 Å². The van der Waals surface area contributed by atoms with Crippen LogP contribution < -0.4 is 9.47 Å². The van der Waals surface area contributed by atoms with Crippen molar-refractivity contribution >= 4 is 11.7 Å². The number of methoxy groups -OCH3 is 2. The number of ketones is 1. The van der Waals surface area contributed by atoms with Crippen LogP contribution >= 0.6 is 0 Å². The molecular weight excluding hydrogens is 282 g/mol. The van der Waals surface area contributed by atoms with Gasteiger partial charge >= 0.3 is 0 Å². The van der Waals surface area contributed by atoms with Crippen LogP contribution in [0.1, 0.15) is 12.0 Å². The average molecular weight is 299 g/mol. The third-order valence-electron chi connectivity index (χ3n) is 3.75. The van der Waals surface area contributed by atoms with Crippen LogP contribution in [0.5, 0.6) is 11.5 Å². The van der Waals surface area contributed by atoms with Gasteiger partial charge in [0, 0.05) is 13.0 Å². The SMILES string of the molecule is COc1cccc(OC)c1C1=NCCC2(C=CC(=O)C=C2)O1. The van der Waals surface area contributed by atoms with Gasteiger partial charge in [0.25, 0.3) is 0 Å². The Morgan fingerprint density at radius 1 is 1.14 bits per heavy atom. The number of allylic oxidation sites excluding steroid dienone is 2. The number of ether oxygens (including phenoxy) is 3. The second-order valence-corrected chi connectivity index (χ2v) is 5.10. The molecule has 5 heteroatoms. The van der Waals surface area contributed by atoms with Gasteiger partial charge in [-0.15, -0.1) is 0 Å². The minimum Gasteiger partial charge on any atom is -0.496 e. The molecule has 0 N–H and O–H groups in total. The fourth-order valence-electron chi connectivity index (χ4n) is 2.58. The van der Waals surface area contributed by atoms with Crippen LogP contribution in [-0.2, 0) is 9.53 Å². The second kappa shape index (κ2) is 5.67. The van der Waals surface area contributed by atoms with Crippen LogP contribution in [-0.4, -0.2) is 38.0 Å². The third-order valence-corrected chi connectivity index (χ3v) is 3.75. The summed E-state index contributed by atoms with van der Waals surface area (Å²) in [5.74, 6) is 1.70. The summed E-state index contributed by atoms with van der Waals surface area (Å²) in [6.07, 6.45) is 7.32. The van der Waals surface area contributed by atoms with Crippen molar-refractivity contribution in [1.29, 1.82) is 0 Å². The summed E-state index contributed by atoms with van der Waals surface area (Å²) >= 11 is 0. The highest BCUT2D eigenvalue weighted by atomic mass is 16.5. The first-order valence-electron chi connectivity index (χ1n) is 7.05. The Kier molecular flexibility index (Phi) is 3.71. The van der Waals surface area contributed by atoms with E-state index in [4.69, 9.17) is 14.2 Å². The number of hydrogen-bond acceptors (Lipinski definition) is 5. The zero-order chi connectivity index (χ0) is 15.6. The van der Waals surface area contributed by atoms with Crippen molar-refractivity contribution in [3.63, 3.8) is 0 Å². The normalized spacial score (nSPS) is 18.8. The van der Waals surface area contributed by atoms with E-state index in [2.05, 4.69) is 4.99 Å². The Morgan fingerprint density at radius 3 is 2.36 bits per heavy atom. The van der Waals surface area contributed by atoms with Crippen molar-refractivity contribution in [1.82, 2.24) is 0 Å². The molecule has 0 atom stereocenters. The molecule has 3 rings (SSSR count). The Balaban J connectivity index is 2.00. The Labute approximate surface area is 128 Å². The summed E-state index contributed by atoms with van der Waals surface area (Å²) in [6, 6.07) is 5.52. The molecular formula is C17H17NO4. The van der Waals surface area contributed by atoms with Crippen LogP contribution in [0.15, 0.2) is 47.5 Å². The van der Waals surface area contributed by atoms with Gasteiger partial charge in [-0.2, -0.15) is 0 Å². The van der Waals surface area contributed by atoms with Gasteiger partial charge in [-0.25, -0.2) is 0 Å². The predicted molar refractivity (Wildman–Crippen MR) is 82.7 cm³/mol. The first-order valence-corrected chi connectivity index (χ1v) is 7.05. The van der Waals surface area contributed by atoms with Gasteiger partial charge in [0.15, 0.2) is 5.78 Å². The number of carbonyl (C=O) groups is 1. The van der Waals surface area contributed by atoms with E-state index in [1.165, 1.54) is 12.2 Å². The molecule has 114 valence electrons. The summed E-state index contributed by atoms with van der Waals surface area (Å²) in [5, 5.41) is 0. The van der Waals surface area contributed by atoms with Crippen LogP contribution in [0.3, 0.4) is 0 Å². The average Bonchev–Trinajstić information content (AvgIpc) is 2.57. The summed E-state index contributed by atoms with van der Waals surface area (Å²) < 4.78 is 16.9. The number of nitrogens with zero attached hydrogens (tertiary/aromatic N) is 1. The minimum atomic E-state index is -0.628. The fraction of sp³-hybridized carbons (Fsp3) is 0.294. The van der Waals surface area contributed by atoms with Crippen molar-refractivity contribution in [2.24, 2.45) is 4.99 Å². The molecule has 0 amide bonds. The number of aliphatic imine (C=N–C) groups is 1. The monoisotopic (exact) mass is 299 g/mol. The van der Waals surface area contributed by atoms with Gasteiger partial charge in [0.2, 0.25) is 5.90 Å². The maximum atomic E-state index is 11.3. The molecule has 0 aromatic heterocycles. The van der Waals surface area contributed by atoms with Crippen molar-refractivity contribution in [2.45, 2.75) is 12.0 Å². The Hall–Kier alpha value is -2.56. The smallest absolute Gasteiger partial charge is 0.224 e. The summed E-state index contributed by atoms with van der Waals surface area (Å²) in [6.45, 7) is 0.597. The minimum absolute atomic E-state index is 0.0341. The molecule has 22 heavy (non-hydrogen) atoms. The Morgan fingerprint density at radius 2 is 1.77 bits per heavy atom. The molecule has 0 unspecified atom stereocenters. The highest BCUT2D eigenvalue weighted by Gasteiger charge is 2.35. The van der Waals surface area contributed by atoms with Gasteiger partial charge in [-0.3, -0.25) is 9.79 Å². The Bertz CT molecular complexity index is 650. The molecule has 1 spiro atoms. The van der Waals surface area contributed by atoms with E-state index >= 15 is 0 Å². The molecule has 1 aliphatic carbocycles. The van der Waals surface area contributed by atoms with Crippen LogP contribution in [0.2, 0.25) is 0 Å². The molecule has 1 aliphatic heterocycles. The standard InChI is InChI=1S/C17H17NO4/c1-20-13-4-3-5-14(21-2)15(13)16-18-11-10-17(22-16)8-6-12(19)7-9-17/h3-9H,10-11H2,1-2H3. The van der Waals surface area contributed by atoms with E-state index in [9.17, 15) is 4.79 Å². The molecule has 2 aliphatic rings. The number of hydrogen-bond donors (Lipinski definition) is 0. The third kappa shape index (κ3) is 2.50. The highest BCUT2D eigenvalue weighted by molar-refractivity contribution is 6.02. The second-order valence-electron chi connectivity index (χ2n) is 5.10. The molecule has 1 heterocycles. The lowest BCUT2D eigenvalue weighted by atomic mass is 9.92. The number of rotatable bonds is 3. The van der Waals surface area contributed by atoms with E-state index in [0.717, 1.165) is 0 Å². The fourth-order valence-corrected chi connectivity index (χ4v) is 2.58. The van der Waals surface area contributed by atoms with E-state index in [1.54, 1.807) is 26.4 Å². The molecule has 1 aromatic rings. The van der Waals surface area contributed by atoms with Gasteiger partial charge in [0.05, 0.1) is 14.2 Å². The molecule has 0 saturated heterocycles. The molecule has 5 nitrogen and oxygen atoms in total. The van der Waals surface area contributed by atoms with Gasteiger partial charge < -0.3 is 14.2 Å². The van der Waals surface area contributed by atoms with Crippen molar-refractivity contribution < 1.29 is 19.0 Å². The van der Waals surface area contributed by atoms with Crippen molar-refractivity contribution in [3.8, 4) is 11.5 Å².